The molecule has 0 radical (unpaired) electrons. The lowest BCUT2D eigenvalue weighted by Gasteiger charge is -1.99. The van der Waals surface area contributed by atoms with Gasteiger partial charge in [-0.3, -0.25) is 0 Å². The molecular weight excluding hydrogens is 225 g/mol. The van der Waals surface area contributed by atoms with E-state index in [2.05, 4.69) is 4.98 Å². The Balaban J connectivity index is 2.59. The predicted molar refractivity (Wildman–Crippen MR) is 58.2 cm³/mol. The van der Waals surface area contributed by atoms with E-state index in [4.69, 9.17) is 9.52 Å². The molecule has 0 saturated carbocycles. The maximum absolute atomic E-state index is 13.6. The number of carbonyl (C=O) groups is 1. The molecule has 17 heavy (non-hydrogen) atoms. The molecule has 0 bridgehead atoms. The number of oxazole rings is 1. The van der Waals surface area contributed by atoms with Gasteiger partial charge in [0.2, 0.25) is 0 Å². The summed E-state index contributed by atoms with van der Waals surface area (Å²) in [5, 5.41) is 8.78. The van der Waals surface area contributed by atoms with Crippen LogP contribution >= 0.6 is 0 Å². The van der Waals surface area contributed by atoms with Crippen molar-refractivity contribution in [2.75, 3.05) is 0 Å². The molecule has 0 saturated heterocycles. The molecule has 0 fully saturated rings. The molecule has 0 amide bonds. The summed E-state index contributed by atoms with van der Waals surface area (Å²) in [5.74, 6) is -1.76. The first-order valence-corrected chi connectivity index (χ1v) is 5.11. The van der Waals surface area contributed by atoms with Crippen molar-refractivity contribution < 1.29 is 18.7 Å². The Labute approximate surface area is 96.7 Å². The smallest absolute Gasteiger partial charge is 0.392 e. The van der Waals surface area contributed by atoms with Crippen molar-refractivity contribution in [3.8, 4) is 11.3 Å². The zero-order valence-corrected chi connectivity index (χ0v) is 9.11. The van der Waals surface area contributed by atoms with Crippen LogP contribution in [0.3, 0.4) is 0 Å². The summed E-state index contributed by atoms with van der Waals surface area (Å²) in [6.07, 6.45) is 0.448. The molecule has 2 aromatic rings. The third kappa shape index (κ3) is 2.04. The normalized spacial score (nSPS) is 10.5. The Bertz CT molecular complexity index is 563. The van der Waals surface area contributed by atoms with Gasteiger partial charge in [0.1, 0.15) is 17.3 Å². The molecule has 0 aliphatic carbocycles. The van der Waals surface area contributed by atoms with Crippen molar-refractivity contribution >= 4 is 5.97 Å². The molecule has 1 aromatic carbocycles. The molecule has 88 valence electrons. The van der Waals surface area contributed by atoms with Crippen molar-refractivity contribution in [2.24, 2.45) is 0 Å². The van der Waals surface area contributed by atoms with Crippen LogP contribution < -0.4 is 0 Å². The summed E-state index contributed by atoms with van der Waals surface area (Å²) in [7, 11) is 0. The molecule has 1 N–H and O–H groups in total. The highest BCUT2D eigenvalue weighted by Crippen LogP contribution is 2.26. The molecule has 0 aliphatic heterocycles. The van der Waals surface area contributed by atoms with Crippen molar-refractivity contribution in [2.45, 2.75) is 13.3 Å². The summed E-state index contributed by atoms with van der Waals surface area (Å²) in [4.78, 5) is 14.6. The van der Waals surface area contributed by atoms with Gasteiger partial charge in [-0.2, -0.15) is 0 Å². The standard InChI is InChI=1S/C12H10FNO3/c1-2-9-10(14-11(17-9)12(15)16)7-5-3-4-6-8(7)13/h3-6H,2H2,1H3,(H,15,16). The average Bonchev–Trinajstić information content (AvgIpc) is 2.73. The lowest BCUT2D eigenvalue weighted by molar-refractivity contribution is 0.0652. The molecule has 1 heterocycles. The van der Waals surface area contributed by atoms with Gasteiger partial charge in [-0.25, -0.2) is 14.2 Å². The summed E-state index contributed by atoms with van der Waals surface area (Å²) in [6, 6.07) is 6.05. The first-order valence-electron chi connectivity index (χ1n) is 5.11. The first kappa shape index (κ1) is 11.3. The monoisotopic (exact) mass is 235 g/mol. The number of carboxylic acids is 1. The second kappa shape index (κ2) is 4.37. The van der Waals surface area contributed by atoms with Crippen LogP contribution in [-0.4, -0.2) is 16.1 Å². The molecule has 0 atom stereocenters. The Morgan fingerprint density at radius 3 is 2.76 bits per heavy atom. The Hall–Kier alpha value is -2.17. The van der Waals surface area contributed by atoms with Crippen molar-refractivity contribution in [3.05, 3.63) is 41.7 Å². The second-order valence-corrected chi connectivity index (χ2v) is 3.43. The third-order valence-corrected chi connectivity index (χ3v) is 2.33. The Morgan fingerprint density at radius 1 is 1.47 bits per heavy atom. The lowest BCUT2D eigenvalue weighted by atomic mass is 10.1. The van der Waals surface area contributed by atoms with Gasteiger partial charge in [-0.15, -0.1) is 0 Å². The van der Waals surface area contributed by atoms with E-state index in [0.717, 1.165) is 0 Å². The Morgan fingerprint density at radius 2 is 2.18 bits per heavy atom. The van der Waals surface area contributed by atoms with Crippen molar-refractivity contribution in [1.29, 1.82) is 0 Å². The Kier molecular flexibility index (Phi) is 2.91. The van der Waals surface area contributed by atoms with Crippen molar-refractivity contribution in [1.82, 2.24) is 4.98 Å². The fraction of sp³-hybridized carbons (Fsp3) is 0.167. The van der Waals surface area contributed by atoms with Crippen LogP contribution in [0.4, 0.5) is 4.39 Å². The van der Waals surface area contributed by atoms with Crippen LogP contribution in [0, 0.1) is 5.82 Å². The van der Waals surface area contributed by atoms with Crippen LogP contribution in [0.25, 0.3) is 11.3 Å². The van der Waals surface area contributed by atoms with Gasteiger partial charge in [-0.05, 0) is 12.1 Å². The van der Waals surface area contributed by atoms with Gasteiger partial charge < -0.3 is 9.52 Å². The summed E-state index contributed by atoms with van der Waals surface area (Å²) < 4.78 is 18.6. The second-order valence-electron chi connectivity index (χ2n) is 3.43. The highest BCUT2D eigenvalue weighted by Gasteiger charge is 2.19. The van der Waals surface area contributed by atoms with E-state index in [9.17, 15) is 9.18 Å². The fourth-order valence-corrected chi connectivity index (χ4v) is 1.55. The van der Waals surface area contributed by atoms with Crippen LogP contribution in [0.1, 0.15) is 23.4 Å². The minimum atomic E-state index is -1.26. The summed E-state index contributed by atoms with van der Waals surface area (Å²) in [6.45, 7) is 1.79. The molecule has 5 heteroatoms. The van der Waals surface area contributed by atoms with Crippen LogP contribution in [-0.2, 0) is 6.42 Å². The van der Waals surface area contributed by atoms with Crippen LogP contribution in [0.2, 0.25) is 0 Å². The van der Waals surface area contributed by atoms with Crippen LogP contribution in [0.5, 0.6) is 0 Å². The summed E-state index contributed by atoms with van der Waals surface area (Å²) in [5.41, 5.74) is 0.503. The lowest BCUT2D eigenvalue weighted by Crippen LogP contribution is -1.95. The summed E-state index contributed by atoms with van der Waals surface area (Å²) >= 11 is 0. The zero-order valence-electron chi connectivity index (χ0n) is 9.11. The highest BCUT2D eigenvalue weighted by molar-refractivity contribution is 5.83. The van der Waals surface area contributed by atoms with E-state index in [1.165, 1.54) is 12.1 Å². The fourth-order valence-electron chi connectivity index (χ4n) is 1.55. The van der Waals surface area contributed by atoms with E-state index in [1.807, 2.05) is 0 Å². The largest absolute Gasteiger partial charge is 0.474 e. The van der Waals surface area contributed by atoms with Gasteiger partial charge in [0.05, 0.1) is 0 Å². The number of aromatic nitrogens is 1. The van der Waals surface area contributed by atoms with E-state index < -0.39 is 17.7 Å². The number of nitrogens with zero attached hydrogens (tertiary/aromatic N) is 1. The number of aromatic carboxylic acids is 1. The van der Waals surface area contributed by atoms with Crippen molar-refractivity contribution in [3.63, 3.8) is 0 Å². The molecule has 1 aromatic heterocycles. The minimum Gasteiger partial charge on any atom is -0.474 e. The first-order chi connectivity index (χ1) is 8.13. The number of halogens is 1. The average molecular weight is 235 g/mol. The molecule has 0 aliphatic rings. The zero-order chi connectivity index (χ0) is 12.4. The maximum Gasteiger partial charge on any atom is 0.392 e. The van der Waals surface area contributed by atoms with Crippen LogP contribution in [0.15, 0.2) is 28.7 Å². The number of benzene rings is 1. The molecule has 0 unspecified atom stereocenters. The molecule has 2 rings (SSSR count). The highest BCUT2D eigenvalue weighted by atomic mass is 19.1. The van der Waals surface area contributed by atoms with Gasteiger partial charge in [0.15, 0.2) is 0 Å². The number of hydrogen-bond acceptors (Lipinski definition) is 3. The molecular formula is C12H10FNO3. The van der Waals surface area contributed by atoms with Gasteiger partial charge in [0.25, 0.3) is 0 Å². The van der Waals surface area contributed by atoms with E-state index in [0.29, 0.717) is 12.2 Å². The quantitative estimate of drug-likeness (QED) is 0.888. The third-order valence-electron chi connectivity index (χ3n) is 2.33. The number of rotatable bonds is 3. The van der Waals surface area contributed by atoms with E-state index in [1.54, 1.807) is 19.1 Å². The number of hydrogen-bond donors (Lipinski definition) is 1. The topological polar surface area (TPSA) is 63.3 Å². The van der Waals surface area contributed by atoms with E-state index in [-0.39, 0.29) is 11.3 Å². The van der Waals surface area contributed by atoms with Gasteiger partial charge in [-0.1, -0.05) is 19.1 Å². The SMILES string of the molecule is CCc1oc(C(=O)O)nc1-c1ccccc1F. The molecule has 0 spiro atoms. The maximum atomic E-state index is 13.6. The number of aryl methyl sites for hydroxylation is 1. The number of carboxylic acid groups (broad SMARTS) is 1. The van der Waals surface area contributed by atoms with Gasteiger partial charge in [0, 0.05) is 12.0 Å². The minimum absolute atomic E-state index is 0.251. The molecule has 4 nitrogen and oxygen atoms in total. The predicted octanol–water partition coefficient (Wildman–Crippen LogP) is 2.74. The van der Waals surface area contributed by atoms with E-state index >= 15 is 0 Å². The van der Waals surface area contributed by atoms with Gasteiger partial charge >= 0.3 is 11.9 Å².